The average Bonchev–Trinajstić information content (AvgIpc) is 3.14. The maximum atomic E-state index is 12.9. The summed E-state index contributed by atoms with van der Waals surface area (Å²) in [5, 5.41) is 36.7. The van der Waals surface area contributed by atoms with E-state index in [2.05, 4.69) is 0 Å². The van der Waals surface area contributed by atoms with E-state index < -0.39 is 140 Å². The first-order valence-electron chi connectivity index (χ1n) is 19.3. The molecule has 0 aromatic carbocycles. The van der Waals surface area contributed by atoms with Crippen LogP contribution >= 0.6 is 0 Å². The second-order valence-corrected chi connectivity index (χ2v) is 19.2. The largest absolute Gasteiger partial charge is 0.512 e. The van der Waals surface area contributed by atoms with E-state index in [1.165, 1.54) is 83.1 Å². The summed E-state index contributed by atoms with van der Waals surface area (Å²) < 4.78 is 344. The summed E-state index contributed by atoms with van der Waals surface area (Å²) in [5.74, 6) is -65.5. The Morgan fingerprint density at radius 1 is 0.247 bits per heavy atom. The van der Waals surface area contributed by atoms with E-state index in [0.29, 0.717) is 0 Å². The van der Waals surface area contributed by atoms with Crippen molar-refractivity contribution in [1.82, 2.24) is 0 Å². The molecule has 0 aliphatic rings. The minimum atomic E-state index is -6.59. The van der Waals surface area contributed by atoms with Gasteiger partial charge in [-0.2, -0.15) is 123 Å². The van der Waals surface area contributed by atoms with E-state index in [1.54, 1.807) is 0 Å². The molecule has 0 radical (unpaired) electrons. The average molecular weight is 1280 g/mol. The topological polar surface area (TPSA) is 149 Å². The number of halogens is 28. The van der Waals surface area contributed by atoms with Gasteiger partial charge in [0.05, 0.1) is 0 Å². The van der Waals surface area contributed by atoms with Crippen molar-refractivity contribution in [3.8, 4) is 0 Å². The minimum absolute atomic E-state index is 0. The molecule has 8 nitrogen and oxygen atoms in total. The number of carbonyl (C=O) groups is 4. The van der Waals surface area contributed by atoms with Crippen LogP contribution in [-0.2, 0) is 45.4 Å². The maximum Gasteiger partial charge on any atom is 0.460 e. The smallest absolute Gasteiger partial charge is 0.460 e. The summed E-state index contributed by atoms with van der Waals surface area (Å²) in [4.78, 5) is 43.4. The van der Waals surface area contributed by atoms with Crippen molar-refractivity contribution in [3.63, 3.8) is 0 Å². The van der Waals surface area contributed by atoms with Crippen molar-refractivity contribution < 1.29 is 189 Å². The normalized spacial score (nSPS) is 15.4. The van der Waals surface area contributed by atoms with Crippen LogP contribution in [-0.4, -0.2) is 116 Å². The van der Waals surface area contributed by atoms with Crippen LogP contribution in [0.4, 0.5) is 123 Å². The molecule has 0 atom stereocenters. The number of alkyl halides is 28. The molecular weight excluding hydrogens is 1230 g/mol. The number of allylic oxidation sites excluding steroid dienone is 8. The molecular formula is C40H44F28O8Zr. The predicted molar refractivity (Wildman–Crippen MR) is 204 cm³/mol. The van der Waals surface area contributed by atoms with Gasteiger partial charge in [0.15, 0.2) is 0 Å². The van der Waals surface area contributed by atoms with Crippen LogP contribution in [0.1, 0.15) is 83.1 Å². The Balaban J connectivity index is -0.000000298. The van der Waals surface area contributed by atoms with E-state index in [0.717, 1.165) is 0 Å². The van der Waals surface area contributed by atoms with Crippen molar-refractivity contribution in [2.24, 2.45) is 21.7 Å². The molecule has 0 bridgehead atoms. The van der Waals surface area contributed by atoms with Crippen LogP contribution in [0.5, 0.6) is 0 Å². The third kappa shape index (κ3) is 20.1. The Labute approximate surface area is 435 Å². The fraction of sp³-hybridized carbons (Fsp3) is 0.700. The van der Waals surface area contributed by atoms with Crippen molar-refractivity contribution in [3.05, 3.63) is 47.3 Å². The number of aliphatic hydroxyl groups excluding tert-OH is 4. The van der Waals surface area contributed by atoms with Crippen LogP contribution in [0.3, 0.4) is 0 Å². The summed E-state index contributed by atoms with van der Waals surface area (Å²) in [6.07, 6.45) is -27.6. The van der Waals surface area contributed by atoms with E-state index in [-0.39, 0.29) is 50.5 Å². The number of hydrogen-bond acceptors (Lipinski definition) is 8. The zero-order chi connectivity index (χ0) is 63.4. The maximum absolute atomic E-state index is 12.9. The standard InChI is InChI=1S/4C10H11F7O2.Zr/c4*1-7(2,3)5(18)4-6(19)8(11,12)9(13,14)10(15,16)17;/h4*4,18H,1-3H3;/b4*5-4-;. The molecule has 0 aliphatic carbocycles. The van der Waals surface area contributed by atoms with Crippen molar-refractivity contribution >= 4 is 23.1 Å². The summed E-state index contributed by atoms with van der Waals surface area (Å²) in [5.41, 5.74) is -5.00. The van der Waals surface area contributed by atoms with E-state index in [4.69, 9.17) is 20.4 Å². The molecule has 0 aromatic rings. The summed E-state index contributed by atoms with van der Waals surface area (Å²) in [7, 11) is 0. The van der Waals surface area contributed by atoms with E-state index >= 15 is 0 Å². The van der Waals surface area contributed by atoms with Crippen molar-refractivity contribution in [2.75, 3.05) is 0 Å². The van der Waals surface area contributed by atoms with Gasteiger partial charge in [-0.05, 0) is 0 Å². The zero-order valence-electron chi connectivity index (χ0n) is 40.8. The van der Waals surface area contributed by atoms with Crippen LogP contribution < -0.4 is 0 Å². The van der Waals surface area contributed by atoms with E-state index in [9.17, 15) is 142 Å². The minimum Gasteiger partial charge on any atom is -0.512 e. The molecule has 0 spiro atoms. The van der Waals surface area contributed by atoms with Gasteiger partial charge in [0.1, 0.15) is 23.0 Å². The Morgan fingerprint density at radius 2 is 0.338 bits per heavy atom. The van der Waals surface area contributed by atoms with Gasteiger partial charge >= 0.3 is 72.1 Å². The molecule has 0 aromatic heterocycles. The summed E-state index contributed by atoms with van der Waals surface area (Å²) in [6.45, 7) is 14.9. The molecule has 0 amide bonds. The molecule has 77 heavy (non-hydrogen) atoms. The second kappa shape index (κ2) is 25.1. The molecule has 37 heteroatoms. The first kappa shape index (κ1) is 81.6. The Hall–Kier alpha value is -4.24. The van der Waals surface area contributed by atoms with Gasteiger partial charge < -0.3 is 20.4 Å². The molecule has 4 N–H and O–H groups in total. The molecule has 0 aliphatic heterocycles. The van der Waals surface area contributed by atoms with Gasteiger partial charge in [-0.1, -0.05) is 83.1 Å². The van der Waals surface area contributed by atoms with Crippen molar-refractivity contribution in [2.45, 2.75) is 155 Å². The van der Waals surface area contributed by atoms with Gasteiger partial charge in [-0.15, -0.1) is 0 Å². The molecule has 0 heterocycles. The van der Waals surface area contributed by atoms with Crippen LogP contribution in [0.2, 0.25) is 0 Å². The third-order valence-corrected chi connectivity index (χ3v) is 8.38. The number of hydrogen-bond donors (Lipinski definition) is 4. The van der Waals surface area contributed by atoms with Gasteiger partial charge in [-0.3, -0.25) is 19.2 Å². The molecule has 452 valence electrons. The van der Waals surface area contributed by atoms with Gasteiger partial charge in [-0.25, -0.2) is 0 Å². The van der Waals surface area contributed by atoms with Crippen LogP contribution in [0, 0.1) is 21.7 Å². The van der Waals surface area contributed by atoms with E-state index in [1.807, 2.05) is 0 Å². The summed E-state index contributed by atoms with van der Waals surface area (Å²) in [6, 6.07) is 0. The summed E-state index contributed by atoms with van der Waals surface area (Å²) >= 11 is 0. The predicted octanol–water partition coefficient (Wildman–Crippen LogP) is 15.5. The number of carbonyl (C=O) groups excluding carboxylic acids is 4. The molecule has 0 rings (SSSR count). The van der Waals surface area contributed by atoms with Gasteiger partial charge in [0.25, 0.3) is 0 Å². The second-order valence-electron chi connectivity index (χ2n) is 19.2. The van der Waals surface area contributed by atoms with Gasteiger partial charge in [0.2, 0.25) is 23.1 Å². The third-order valence-electron chi connectivity index (χ3n) is 8.38. The fourth-order valence-electron chi connectivity index (χ4n) is 3.06. The van der Waals surface area contributed by atoms with Crippen molar-refractivity contribution in [1.29, 1.82) is 0 Å². The Morgan fingerprint density at radius 3 is 0.403 bits per heavy atom. The first-order valence-corrected chi connectivity index (χ1v) is 19.3. The monoisotopic (exact) mass is 1270 g/mol. The van der Waals surface area contributed by atoms with Crippen LogP contribution in [0.25, 0.3) is 0 Å². The number of aliphatic hydroxyl groups is 4. The SMILES string of the molecule is CC(C)(C)/C(O)=C/C(=O)C(F)(F)C(F)(F)C(F)(F)F.CC(C)(C)/C(O)=C/C(=O)C(F)(F)C(F)(F)C(F)(F)F.CC(C)(C)/C(O)=C/C(=O)C(F)(F)C(F)(F)C(F)(F)F.CC(C)(C)/C(O)=C/C(=O)C(F)(F)C(F)(F)C(F)(F)F.[Zr]. The first-order chi connectivity index (χ1) is 32.2. The number of rotatable bonds is 12. The molecule has 0 saturated heterocycles. The molecule has 0 saturated carbocycles. The molecule has 0 fully saturated rings. The molecule has 0 unspecified atom stereocenters. The number of ketones is 4. The quantitative estimate of drug-likeness (QED) is 0.0857. The van der Waals surface area contributed by atoms with Crippen LogP contribution in [0.15, 0.2) is 47.3 Å². The fourth-order valence-corrected chi connectivity index (χ4v) is 3.06. The zero-order valence-corrected chi connectivity index (χ0v) is 43.3. The van der Waals surface area contributed by atoms with Gasteiger partial charge in [0, 0.05) is 72.2 Å². The Bertz CT molecular complexity index is 1860. The Kier molecular flexibility index (Phi) is 26.6.